The van der Waals surface area contributed by atoms with Crippen LogP contribution in [0.3, 0.4) is 0 Å². The maximum absolute atomic E-state index is 4.94. The summed E-state index contributed by atoms with van der Waals surface area (Å²) in [6.45, 7) is 6.78. The fourth-order valence-electron chi connectivity index (χ4n) is 1.41. The van der Waals surface area contributed by atoms with Gasteiger partial charge >= 0.3 is 0 Å². The van der Waals surface area contributed by atoms with Gasteiger partial charge in [-0.3, -0.25) is 0 Å². The van der Waals surface area contributed by atoms with Gasteiger partial charge in [-0.1, -0.05) is 6.08 Å². The highest BCUT2D eigenvalue weighted by Gasteiger charge is 2.00. The molecule has 1 aromatic rings. The Morgan fingerprint density at radius 3 is 3.06 bits per heavy atom. The Bertz CT molecular complexity index is 318. The maximum Gasteiger partial charge on any atom is 0.0953 e. The molecule has 0 fully saturated rings. The summed E-state index contributed by atoms with van der Waals surface area (Å²) in [7, 11) is 1.71. The summed E-state index contributed by atoms with van der Waals surface area (Å²) < 4.78 is 7.09. The zero-order chi connectivity index (χ0) is 11.8. The quantitative estimate of drug-likeness (QED) is 0.715. The third kappa shape index (κ3) is 4.16. The van der Waals surface area contributed by atoms with Gasteiger partial charge in [0.25, 0.3) is 0 Å². The van der Waals surface area contributed by atoms with Gasteiger partial charge in [-0.2, -0.15) is 0 Å². The molecular weight excluding hydrogens is 202 g/mol. The van der Waals surface area contributed by atoms with E-state index in [2.05, 4.69) is 40.9 Å². The average Bonchev–Trinajstić information content (AvgIpc) is 2.71. The van der Waals surface area contributed by atoms with Crippen molar-refractivity contribution in [2.24, 2.45) is 0 Å². The summed E-state index contributed by atoms with van der Waals surface area (Å²) in [5.74, 6) is 0. The van der Waals surface area contributed by atoms with Gasteiger partial charge in [0.15, 0.2) is 0 Å². The van der Waals surface area contributed by atoms with Crippen LogP contribution in [-0.4, -0.2) is 36.4 Å². The fourth-order valence-corrected chi connectivity index (χ4v) is 1.41. The monoisotopic (exact) mass is 223 g/mol. The SMILES string of the molecule is COCCNCC=Cc1cncn1C(C)C. The van der Waals surface area contributed by atoms with Crippen molar-refractivity contribution in [1.82, 2.24) is 14.9 Å². The molecule has 0 aliphatic carbocycles. The van der Waals surface area contributed by atoms with E-state index in [1.807, 2.05) is 12.5 Å². The lowest BCUT2D eigenvalue weighted by atomic mass is 10.3. The Morgan fingerprint density at radius 1 is 1.56 bits per heavy atom. The van der Waals surface area contributed by atoms with Crippen molar-refractivity contribution in [3.8, 4) is 0 Å². The molecule has 0 aromatic carbocycles. The predicted octanol–water partition coefficient (Wildman–Crippen LogP) is 1.71. The lowest BCUT2D eigenvalue weighted by Crippen LogP contribution is -2.18. The zero-order valence-corrected chi connectivity index (χ0v) is 10.3. The van der Waals surface area contributed by atoms with Crippen LogP contribution >= 0.6 is 0 Å². The van der Waals surface area contributed by atoms with Gasteiger partial charge < -0.3 is 14.6 Å². The molecule has 16 heavy (non-hydrogen) atoms. The number of hydrogen-bond donors (Lipinski definition) is 1. The van der Waals surface area contributed by atoms with Crippen molar-refractivity contribution in [3.05, 3.63) is 24.3 Å². The van der Waals surface area contributed by atoms with Crippen LogP contribution in [0.1, 0.15) is 25.6 Å². The molecule has 0 aliphatic heterocycles. The van der Waals surface area contributed by atoms with Crippen LogP contribution in [0.2, 0.25) is 0 Å². The first-order chi connectivity index (χ1) is 7.75. The first kappa shape index (κ1) is 12.9. The summed E-state index contributed by atoms with van der Waals surface area (Å²) >= 11 is 0. The number of nitrogens with zero attached hydrogens (tertiary/aromatic N) is 2. The second-order valence-electron chi connectivity index (χ2n) is 3.92. The van der Waals surface area contributed by atoms with Crippen molar-refractivity contribution in [2.75, 3.05) is 26.8 Å². The number of aromatic nitrogens is 2. The summed E-state index contributed by atoms with van der Waals surface area (Å²) in [5, 5.41) is 3.26. The lowest BCUT2D eigenvalue weighted by molar-refractivity contribution is 0.200. The first-order valence-electron chi connectivity index (χ1n) is 5.63. The first-order valence-corrected chi connectivity index (χ1v) is 5.63. The van der Waals surface area contributed by atoms with Crippen LogP contribution in [0.25, 0.3) is 6.08 Å². The molecule has 1 N–H and O–H groups in total. The van der Waals surface area contributed by atoms with Crippen LogP contribution in [0.15, 0.2) is 18.6 Å². The summed E-state index contributed by atoms with van der Waals surface area (Å²) in [6, 6.07) is 0.448. The molecule has 4 nitrogen and oxygen atoms in total. The smallest absolute Gasteiger partial charge is 0.0953 e. The molecule has 0 saturated heterocycles. The van der Waals surface area contributed by atoms with E-state index in [0.29, 0.717) is 6.04 Å². The highest BCUT2D eigenvalue weighted by molar-refractivity contribution is 5.44. The van der Waals surface area contributed by atoms with Gasteiger partial charge in [-0.25, -0.2) is 4.98 Å². The molecule has 0 radical (unpaired) electrons. The van der Waals surface area contributed by atoms with Crippen LogP contribution in [-0.2, 0) is 4.74 Å². The van der Waals surface area contributed by atoms with E-state index in [4.69, 9.17) is 4.74 Å². The van der Waals surface area contributed by atoms with Crippen molar-refractivity contribution in [1.29, 1.82) is 0 Å². The molecule has 90 valence electrons. The predicted molar refractivity (Wildman–Crippen MR) is 66.4 cm³/mol. The third-order valence-electron chi connectivity index (χ3n) is 2.29. The van der Waals surface area contributed by atoms with Gasteiger partial charge in [-0.05, 0) is 19.9 Å². The molecule has 1 rings (SSSR count). The van der Waals surface area contributed by atoms with Gasteiger partial charge in [0.2, 0.25) is 0 Å². The molecule has 0 unspecified atom stereocenters. The zero-order valence-electron chi connectivity index (χ0n) is 10.3. The van der Waals surface area contributed by atoms with Crippen molar-refractivity contribution >= 4 is 6.08 Å². The fraction of sp³-hybridized carbons (Fsp3) is 0.583. The van der Waals surface area contributed by atoms with Crippen LogP contribution in [0.5, 0.6) is 0 Å². The van der Waals surface area contributed by atoms with E-state index in [9.17, 15) is 0 Å². The Labute approximate surface area is 97.3 Å². The average molecular weight is 223 g/mol. The van der Waals surface area contributed by atoms with Crippen LogP contribution in [0.4, 0.5) is 0 Å². The number of methoxy groups -OCH3 is 1. The van der Waals surface area contributed by atoms with Gasteiger partial charge in [0, 0.05) is 26.2 Å². The minimum Gasteiger partial charge on any atom is -0.383 e. The summed E-state index contributed by atoms with van der Waals surface area (Å²) in [5.41, 5.74) is 1.14. The van der Waals surface area contributed by atoms with Gasteiger partial charge in [-0.15, -0.1) is 0 Å². The molecule has 0 atom stereocenters. The highest BCUT2D eigenvalue weighted by atomic mass is 16.5. The second kappa shape index (κ2) is 7.19. The summed E-state index contributed by atoms with van der Waals surface area (Å²) in [4.78, 5) is 4.14. The van der Waals surface area contributed by atoms with Crippen LogP contribution in [0, 0.1) is 0 Å². The van der Waals surface area contributed by atoms with E-state index in [1.54, 1.807) is 7.11 Å². The lowest BCUT2D eigenvalue weighted by Gasteiger charge is -2.08. The molecule has 0 aliphatic rings. The largest absolute Gasteiger partial charge is 0.383 e. The topological polar surface area (TPSA) is 39.1 Å². The normalized spacial score (nSPS) is 11.8. The van der Waals surface area contributed by atoms with Crippen LogP contribution < -0.4 is 5.32 Å². The number of hydrogen-bond acceptors (Lipinski definition) is 3. The second-order valence-corrected chi connectivity index (χ2v) is 3.92. The minimum absolute atomic E-state index is 0.448. The van der Waals surface area contributed by atoms with E-state index in [0.717, 1.165) is 25.4 Å². The molecule has 0 amide bonds. The van der Waals surface area contributed by atoms with Crippen molar-refractivity contribution in [3.63, 3.8) is 0 Å². The Balaban J connectivity index is 2.35. The standard InChI is InChI=1S/C12H21N3O/c1-11(2)15-10-14-9-12(15)5-4-6-13-7-8-16-3/h4-5,9-11,13H,6-8H2,1-3H3. The van der Waals surface area contributed by atoms with Crippen molar-refractivity contribution < 1.29 is 4.74 Å². The molecule has 1 heterocycles. The Kier molecular flexibility index (Phi) is 5.82. The van der Waals surface area contributed by atoms with E-state index in [1.165, 1.54) is 0 Å². The maximum atomic E-state index is 4.94. The highest BCUT2D eigenvalue weighted by Crippen LogP contribution is 2.09. The molecule has 1 aromatic heterocycles. The minimum atomic E-state index is 0.448. The molecule has 0 saturated carbocycles. The Hall–Kier alpha value is -1.13. The number of ether oxygens (including phenoxy) is 1. The third-order valence-corrected chi connectivity index (χ3v) is 2.29. The molecule has 0 spiro atoms. The van der Waals surface area contributed by atoms with E-state index >= 15 is 0 Å². The number of imidazole rings is 1. The van der Waals surface area contributed by atoms with Gasteiger partial charge in [0.05, 0.1) is 24.8 Å². The van der Waals surface area contributed by atoms with E-state index in [-0.39, 0.29) is 0 Å². The summed E-state index contributed by atoms with van der Waals surface area (Å²) in [6.07, 6.45) is 7.94. The Morgan fingerprint density at radius 2 is 2.38 bits per heavy atom. The van der Waals surface area contributed by atoms with E-state index < -0.39 is 0 Å². The molecule has 0 bridgehead atoms. The molecular formula is C12H21N3O. The number of rotatable bonds is 7. The molecule has 4 heteroatoms. The number of nitrogens with one attached hydrogen (secondary N) is 1. The van der Waals surface area contributed by atoms with Gasteiger partial charge in [0.1, 0.15) is 0 Å². The van der Waals surface area contributed by atoms with Crippen molar-refractivity contribution in [2.45, 2.75) is 19.9 Å².